The van der Waals surface area contributed by atoms with Crippen LogP contribution in [0.25, 0.3) is 22.7 Å². The lowest BCUT2D eigenvalue weighted by molar-refractivity contribution is -0.139. The molecule has 0 saturated carbocycles. The van der Waals surface area contributed by atoms with Gasteiger partial charge in [0, 0.05) is 0 Å². The summed E-state index contributed by atoms with van der Waals surface area (Å²) in [5.41, 5.74) is 2.02. The fourth-order valence-corrected chi connectivity index (χ4v) is 4.13. The maximum Gasteiger partial charge on any atom is 0.341 e. The molecule has 0 spiro atoms. The molecule has 1 heterocycles. The Kier molecular flexibility index (Phi) is 5.76. The minimum atomic E-state index is -1.07. The Morgan fingerprint density at radius 3 is 2.89 bits per heavy atom. The largest absolute Gasteiger partial charge is 0.480 e. The Morgan fingerprint density at radius 1 is 1.44 bits per heavy atom. The number of aromatic amines is 1. The van der Waals surface area contributed by atoms with Gasteiger partial charge in [0.15, 0.2) is 6.61 Å². The molecule has 0 atom stereocenters. The SMILES string of the molecule is N#C/C(=C/c1cc(Br)c(OCC(=O)O)c(I)c1)c1nc2ccc(F)cc2[nH]1. The molecule has 0 saturated heterocycles. The molecule has 0 radical (unpaired) electrons. The first-order chi connectivity index (χ1) is 12.9. The highest BCUT2D eigenvalue weighted by atomic mass is 127. The number of carbonyl (C=O) groups is 1. The summed E-state index contributed by atoms with van der Waals surface area (Å²) < 4.78 is 19.8. The van der Waals surface area contributed by atoms with E-state index in [0.29, 0.717) is 36.2 Å². The van der Waals surface area contributed by atoms with E-state index >= 15 is 0 Å². The van der Waals surface area contributed by atoms with Crippen molar-refractivity contribution in [2.24, 2.45) is 0 Å². The topological polar surface area (TPSA) is 99.0 Å². The number of rotatable bonds is 5. The second kappa shape index (κ2) is 8.06. The number of benzene rings is 2. The molecular formula is C18H10BrFIN3O3. The lowest BCUT2D eigenvalue weighted by Crippen LogP contribution is -2.10. The standard InChI is InChI=1S/C18H10BrFIN3O3/c19-12-4-9(5-13(21)17(12)27-8-16(25)26)3-10(7-22)18-23-14-2-1-11(20)6-15(14)24-18/h1-6H,8H2,(H,23,24)(H,25,26)/b10-3-. The van der Waals surface area contributed by atoms with Gasteiger partial charge in [-0.05, 0) is 80.5 Å². The predicted molar refractivity (Wildman–Crippen MR) is 110 cm³/mol. The number of carboxylic acid groups (broad SMARTS) is 1. The normalized spacial score (nSPS) is 11.4. The highest BCUT2D eigenvalue weighted by Gasteiger charge is 2.12. The van der Waals surface area contributed by atoms with Gasteiger partial charge >= 0.3 is 5.97 Å². The summed E-state index contributed by atoms with van der Waals surface area (Å²) in [7, 11) is 0. The number of hydrogen-bond donors (Lipinski definition) is 2. The Labute approximate surface area is 174 Å². The highest BCUT2D eigenvalue weighted by molar-refractivity contribution is 14.1. The van der Waals surface area contributed by atoms with E-state index in [4.69, 9.17) is 9.84 Å². The number of H-pyrrole nitrogens is 1. The van der Waals surface area contributed by atoms with Gasteiger partial charge in [-0.2, -0.15) is 5.26 Å². The maximum atomic E-state index is 13.3. The van der Waals surface area contributed by atoms with E-state index in [0.717, 1.165) is 0 Å². The summed E-state index contributed by atoms with van der Waals surface area (Å²) in [6, 6.07) is 9.70. The molecule has 6 nitrogen and oxygen atoms in total. The third-order valence-corrected chi connectivity index (χ3v) is 4.88. The van der Waals surface area contributed by atoms with Crippen LogP contribution in [0.1, 0.15) is 11.4 Å². The van der Waals surface area contributed by atoms with Crippen molar-refractivity contribution in [1.29, 1.82) is 5.26 Å². The van der Waals surface area contributed by atoms with Crippen molar-refractivity contribution >= 4 is 67.2 Å². The van der Waals surface area contributed by atoms with Gasteiger partial charge in [-0.1, -0.05) is 0 Å². The average Bonchev–Trinajstić information content (AvgIpc) is 3.01. The van der Waals surface area contributed by atoms with Crippen molar-refractivity contribution < 1.29 is 19.0 Å². The Morgan fingerprint density at radius 2 is 2.22 bits per heavy atom. The van der Waals surface area contributed by atoms with E-state index in [1.807, 2.05) is 22.6 Å². The van der Waals surface area contributed by atoms with Gasteiger partial charge < -0.3 is 14.8 Å². The first-order valence-corrected chi connectivity index (χ1v) is 9.35. The number of ether oxygens (including phenoxy) is 1. The van der Waals surface area contributed by atoms with Crippen LogP contribution in [0.2, 0.25) is 0 Å². The van der Waals surface area contributed by atoms with Crippen LogP contribution in [0, 0.1) is 20.7 Å². The number of halogens is 3. The molecule has 0 aliphatic carbocycles. The third kappa shape index (κ3) is 4.45. The second-order valence-electron chi connectivity index (χ2n) is 5.41. The van der Waals surface area contributed by atoms with E-state index in [2.05, 4.69) is 32.0 Å². The van der Waals surface area contributed by atoms with Gasteiger partial charge in [0.05, 0.1) is 24.6 Å². The smallest absolute Gasteiger partial charge is 0.341 e. The van der Waals surface area contributed by atoms with Crippen LogP contribution in [0.3, 0.4) is 0 Å². The summed E-state index contributed by atoms with van der Waals surface area (Å²) in [5.74, 6) is -0.728. The highest BCUT2D eigenvalue weighted by Crippen LogP contribution is 2.33. The summed E-state index contributed by atoms with van der Waals surface area (Å²) in [6.45, 7) is -0.456. The molecule has 2 N–H and O–H groups in total. The first kappa shape index (κ1) is 19.3. The Hall–Kier alpha value is -2.45. The molecule has 3 rings (SSSR count). The van der Waals surface area contributed by atoms with Crippen LogP contribution < -0.4 is 4.74 Å². The monoisotopic (exact) mass is 541 g/mol. The molecule has 9 heteroatoms. The number of aromatic nitrogens is 2. The van der Waals surface area contributed by atoms with Crippen molar-refractivity contribution in [1.82, 2.24) is 9.97 Å². The van der Waals surface area contributed by atoms with E-state index in [9.17, 15) is 14.4 Å². The molecule has 27 heavy (non-hydrogen) atoms. The fraction of sp³-hybridized carbons (Fsp3) is 0.0556. The number of hydrogen-bond acceptors (Lipinski definition) is 4. The van der Waals surface area contributed by atoms with Crippen LogP contribution in [-0.2, 0) is 4.79 Å². The molecule has 0 bridgehead atoms. The van der Waals surface area contributed by atoms with Crippen molar-refractivity contribution in [3.05, 3.63) is 55.6 Å². The van der Waals surface area contributed by atoms with Crippen LogP contribution in [-0.4, -0.2) is 27.7 Å². The van der Waals surface area contributed by atoms with Crippen molar-refractivity contribution in [3.63, 3.8) is 0 Å². The van der Waals surface area contributed by atoms with E-state index in [1.54, 1.807) is 18.2 Å². The molecule has 1 aromatic heterocycles. The molecule has 0 aliphatic rings. The summed E-state index contributed by atoms with van der Waals surface area (Å²) in [4.78, 5) is 17.9. The van der Waals surface area contributed by atoms with Gasteiger partial charge in [0.25, 0.3) is 0 Å². The molecule has 2 aromatic carbocycles. The Balaban J connectivity index is 1.97. The number of nitrogens with zero attached hydrogens (tertiary/aromatic N) is 2. The second-order valence-corrected chi connectivity index (χ2v) is 7.43. The lowest BCUT2D eigenvalue weighted by atomic mass is 10.1. The van der Waals surface area contributed by atoms with Crippen molar-refractivity contribution in [2.75, 3.05) is 6.61 Å². The lowest BCUT2D eigenvalue weighted by Gasteiger charge is -2.09. The van der Waals surface area contributed by atoms with Gasteiger partial charge in [-0.25, -0.2) is 14.2 Å². The zero-order chi connectivity index (χ0) is 19.6. The number of nitrogens with one attached hydrogen (secondary N) is 1. The predicted octanol–water partition coefficient (Wildman–Crippen LogP) is 4.60. The van der Waals surface area contributed by atoms with Crippen LogP contribution in [0.15, 0.2) is 34.8 Å². The van der Waals surface area contributed by atoms with Crippen LogP contribution >= 0.6 is 38.5 Å². The van der Waals surface area contributed by atoms with Crippen molar-refractivity contribution in [2.45, 2.75) is 0 Å². The minimum absolute atomic E-state index is 0.272. The summed E-state index contributed by atoms with van der Waals surface area (Å²) >= 11 is 5.37. The van der Waals surface area contributed by atoms with Crippen LogP contribution in [0.5, 0.6) is 5.75 Å². The molecule has 0 amide bonds. The quantitative estimate of drug-likeness (QED) is 0.363. The average molecular weight is 542 g/mol. The summed E-state index contributed by atoms with van der Waals surface area (Å²) in [5, 5.41) is 18.2. The zero-order valence-electron chi connectivity index (χ0n) is 13.5. The molecule has 136 valence electrons. The van der Waals surface area contributed by atoms with Gasteiger partial charge in [0.2, 0.25) is 0 Å². The van der Waals surface area contributed by atoms with Gasteiger partial charge in [-0.3, -0.25) is 0 Å². The third-order valence-electron chi connectivity index (χ3n) is 3.49. The van der Waals surface area contributed by atoms with E-state index in [1.165, 1.54) is 18.2 Å². The molecule has 0 fully saturated rings. The zero-order valence-corrected chi connectivity index (χ0v) is 17.2. The number of nitriles is 1. The molecule has 3 aromatic rings. The Bertz CT molecular complexity index is 1100. The minimum Gasteiger partial charge on any atom is -0.480 e. The van der Waals surface area contributed by atoms with Crippen LogP contribution in [0.4, 0.5) is 4.39 Å². The van der Waals surface area contributed by atoms with Gasteiger partial charge in [0.1, 0.15) is 23.5 Å². The van der Waals surface area contributed by atoms with Gasteiger partial charge in [-0.15, -0.1) is 0 Å². The first-order valence-electron chi connectivity index (χ1n) is 7.48. The fourth-order valence-electron chi connectivity index (χ4n) is 2.36. The molecular weight excluding hydrogens is 532 g/mol. The number of aliphatic carboxylic acids is 1. The van der Waals surface area contributed by atoms with Crippen molar-refractivity contribution in [3.8, 4) is 11.8 Å². The molecule has 0 unspecified atom stereocenters. The van der Waals surface area contributed by atoms with E-state index < -0.39 is 18.4 Å². The van der Waals surface area contributed by atoms with E-state index in [-0.39, 0.29) is 5.57 Å². The number of carboxylic acids is 1. The molecule has 0 aliphatic heterocycles. The maximum absolute atomic E-state index is 13.3. The number of allylic oxidation sites excluding steroid dienone is 1. The number of fused-ring (bicyclic) bond motifs is 1. The summed E-state index contributed by atoms with van der Waals surface area (Å²) in [6.07, 6.45) is 1.63. The number of imidazole rings is 1.